The number of carbonyl (C=O) groups excluding carboxylic acids is 1. The first-order valence-corrected chi connectivity index (χ1v) is 5.02. The largest absolute Gasteiger partial charge is 0.705 e. The van der Waals surface area contributed by atoms with Crippen LogP contribution in [0.1, 0.15) is 14.4 Å². The molecular formula is C3H10NO6P2+. The second kappa shape index (κ2) is 5.35. The van der Waals surface area contributed by atoms with E-state index in [1.165, 1.54) is 5.09 Å². The van der Waals surface area contributed by atoms with Crippen molar-refractivity contribution < 1.29 is 28.0 Å². The van der Waals surface area contributed by atoms with E-state index >= 15 is 0 Å². The van der Waals surface area contributed by atoms with Gasteiger partial charge in [-0.05, 0) is 4.31 Å². The van der Waals surface area contributed by atoms with Gasteiger partial charge in [-0.25, -0.2) is 4.57 Å². The summed E-state index contributed by atoms with van der Waals surface area (Å²) in [7, 11) is -7.63. The third-order valence-corrected chi connectivity index (χ3v) is 2.52. The molecular weight excluding hydrogens is 208 g/mol. The molecule has 0 fully saturated rings. The summed E-state index contributed by atoms with van der Waals surface area (Å²) < 4.78 is 23.9. The standard InChI is InChI=1S/C2H5NO6P2.CH4/c1-2(4)3-11(7,8)9-10(5)6;/h1H3,(H2-,3,4,5,6,7,8);1H4/p+1. The lowest BCUT2D eigenvalue weighted by atomic mass is 10.8. The van der Waals surface area contributed by atoms with E-state index in [2.05, 4.69) is 4.31 Å². The van der Waals surface area contributed by atoms with E-state index < -0.39 is 21.9 Å². The smallest absolute Gasteiger partial charge is 0.305 e. The molecule has 9 heteroatoms. The minimum atomic E-state index is -4.44. The molecule has 0 aromatic rings. The van der Waals surface area contributed by atoms with Crippen LogP contribution in [0, 0.1) is 0 Å². The van der Waals surface area contributed by atoms with E-state index in [9.17, 15) is 13.9 Å². The average Bonchev–Trinajstić information content (AvgIpc) is 1.53. The highest BCUT2D eigenvalue weighted by Crippen LogP contribution is 2.45. The Balaban J connectivity index is 0. The lowest BCUT2D eigenvalue weighted by Crippen LogP contribution is -2.16. The van der Waals surface area contributed by atoms with Gasteiger partial charge in [-0.3, -0.25) is 9.88 Å². The van der Waals surface area contributed by atoms with E-state index in [4.69, 9.17) is 9.79 Å². The zero-order valence-corrected chi connectivity index (χ0v) is 7.21. The molecule has 0 aromatic carbocycles. The van der Waals surface area contributed by atoms with Crippen molar-refractivity contribution in [2.45, 2.75) is 14.4 Å². The maximum Gasteiger partial charge on any atom is 0.705 e. The Bertz CT molecular complexity index is 207. The van der Waals surface area contributed by atoms with Gasteiger partial charge in [0, 0.05) is 11.5 Å². The molecule has 0 heterocycles. The Kier molecular flexibility index (Phi) is 6.34. The van der Waals surface area contributed by atoms with Gasteiger partial charge in [0.1, 0.15) is 0 Å². The first-order valence-electron chi connectivity index (χ1n) is 2.31. The molecule has 0 saturated carbocycles. The summed E-state index contributed by atoms with van der Waals surface area (Å²) in [5, 5.41) is 1.46. The molecule has 12 heavy (non-hydrogen) atoms. The lowest BCUT2D eigenvalue weighted by molar-refractivity contribution is -0.117. The molecule has 72 valence electrons. The summed E-state index contributed by atoms with van der Waals surface area (Å²) in [5.74, 6) is -0.826. The molecule has 0 spiro atoms. The van der Waals surface area contributed by atoms with Crippen LogP contribution in [-0.2, 0) is 18.2 Å². The maximum absolute atomic E-state index is 10.5. The van der Waals surface area contributed by atoms with Gasteiger partial charge in [0.25, 0.3) is 0 Å². The van der Waals surface area contributed by atoms with Crippen LogP contribution in [0.4, 0.5) is 0 Å². The van der Waals surface area contributed by atoms with Crippen LogP contribution in [0.15, 0.2) is 0 Å². The molecule has 0 aliphatic rings. The highest BCUT2D eigenvalue weighted by Gasteiger charge is 2.33. The van der Waals surface area contributed by atoms with Gasteiger partial charge in [-0.1, -0.05) is 7.43 Å². The van der Waals surface area contributed by atoms with Crippen LogP contribution in [0.5, 0.6) is 0 Å². The second-order valence-corrected chi connectivity index (χ2v) is 3.90. The summed E-state index contributed by atoms with van der Waals surface area (Å²) in [6.07, 6.45) is 0. The van der Waals surface area contributed by atoms with Crippen LogP contribution in [0.3, 0.4) is 0 Å². The van der Waals surface area contributed by atoms with Crippen LogP contribution >= 0.6 is 16.0 Å². The fourth-order valence-electron chi connectivity index (χ4n) is 0.314. The van der Waals surface area contributed by atoms with Gasteiger partial charge in [-0.2, -0.15) is 0 Å². The number of rotatable bonds is 3. The van der Waals surface area contributed by atoms with E-state index in [0.29, 0.717) is 0 Å². The Morgan fingerprint density at radius 3 is 2.33 bits per heavy atom. The Morgan fingerprint density at radius 2 is 2.08 bits per heavy atom. The topological polar surface area (TPSA) is 113 Å². The summed E-state index contributed by atoms with van der Waals surface area (Å²) in [4.78, 5) is 26.7. The molecule has 2 atom stereocenters. The average molecular weight is 218 g/mol. The van der Waals surface area contributed by atoms with Crippen molar-refractivity contribution in [3.8, 4) is 0 Å². The minimum Gasteiger partial charge on any atom is -0.305 e. The molecule has 0 aliphatic heterocycles. The van der Waals surface area contributed by atoms with Crippen molar-refractivity contribution in [3.05, 3.63) is 0 Å². The van der Waals surface area contributed by atoms with Gasteiger partial charge in [-0.15, -0.1) is 4.89 Å². The molecule has 2 unspecified atom stereocenters. The zero-order valence-electron chi connectivity index (χ0n) is 5.42. The summed E-state index contributed by atoms with van der Waals surface area (Å²) in [6, 6.07) is 0. The Hall–Kier alpha value is -0.320. The summed E-state index contributed by atoms with van der Waals surface area (Å²) in [6.45, 7) is 0.969. The number of hydrogen-bond donors (Lipinski definition) is 3. The molecule has 3 N–H and O–H groups in total. The number of amides is 1. The van der Waals surface area contributed by atoms with Crippen LogP contribution in [0.25, 0.3) is 0 Å². The van der Waals surface area contributed by atoms with E-state index in [0.717, 1.165) is 6.92 Å². The van der Waals surface area contributed by atoms with Crippen molar-refractivity contribution in [1.29, 1.82) is 0 Å². The van der Waals surface area contributed by atoms with Crippen LogP contribution in [-0.4, -0.2) is 15.7 Å². The van der Waals surface area contributed by atoms with Crippen molar-refractivity contribution in [2.75, 3.05) is 0 Å². The molecule has 0 bridgehead atoms. The van der Waals surface area contributed by atoms with Crippen LogP contribution < -0.4 is 5.09 Å². The highest BCUT2D eigenvalue weighted by atomic mass is 31.2. The van der Waals surface area contributed by atoms with Gasteiger partial charge in [0.05, 0.1) is 0 Å². The molecule has 1 amide bonds. The van der Waals surface area contributed by atoms with Crippen molar-refractivity contribution in [3.63, 3.8) is 0 Å². The van der Waals surface area contributed by atoms with Crippen LogP contribution in [0.2, 0.25) is 0 Å². The number of nitrogens with one attached hydrogen (secondary N) is 1. The van der Waals surface area contributed by atoms with E-state index in [-0.39, 0.29) is 7.43 Å². The number of carbonyl (C=O) groups is 1. The highest BCUT2D eigenvalue weighted by molar-refractivity contribution is 7.58. The first kappa shape index (κ1) is 14.2. The quantitative estimate of drug-likeness (QED) is 0.595. The molecule has 0 aliphatic carbocycles. The Morgan fingerprint density at radius 1 is 1.67 bits per heavy atom. The maximum atomic E-state index is 10.5. The monoisotopic (exact) mass is 218 g/mol. The number of hydrogen-bond acceptors (Lipinski definition) is 4. The normalized spacial score (nSPS) is 15.4. The molecule has 0 aromatic heterocycles. The summed E-state index contributed by atoms with van der Waals surface area (Å²) in [5.41, 5.74) is 0. The Labute approximate surface area is 70.3 Å². The third-order valence-electron chi connectivity index (χ3n) is 0.479. The van der Waals surface area contributed by atoms with E-state index in [1.54, 1.807) is 0 Å². The van der Waals surface area contributed by atoms with Gasteiger partial charge in [0.2, 0.25) is 5.91 Å². The zero-order chi connectivity index (χ0) is 9.07. The second-order valence-electron chi connectivity index (χ2n) is 1.51. The van der Waals surface area contributed by atoms with Crippen molar-refractivity contribution in [2.24, 2.45) is 0 Å². The van der Waals surface area contributed by atoms with Crippen molar-refractivity contribution >= 4 is 21.9 Å². The van der Waals surface area contributed by atoms with Gasteiger partial charge >= 0.3 is 16.0 Å². The fraction of sp³-hybridized carbons (Fsp3) is 0.667. The first-order chi connectivity index (χ1) is 4.83. The predicted octanol–water partition coefficient (Wildman–Crippen LogP) is 0.525. The molecule has 0 saturated heterocycles. The summed E-state index contributed by atoms with van der Waals surface area (Å²) >= 11 is 0. The SMILES string of the molecule is C.CC(=O)NP(=O)(O)O[P+](=O)O. The van der Waals surface area contributed by atoms with Crippen molar-refractivity contribution in [1.82, 2.24) is 5.09 Å². The molecule has 0 radical (unpaired) electrons. The lowest BCUT2D eigenvalue weighted by Gasteiger charge is -2.01. The van der Waals surface area contributed by atoms with E-state index in [1.807, 2.05) is 0 Å². The third kappa shape index (κ3) is 7.78. The predicted molar refractivity (Wildman–Crippen MR) is 41.3 cm³/mol. The van der Waals surface area contributed by atoms with Gasteiger partial charge < -0.3 is 4.89 Å². The molecule has 0 rings (SSSR count). The molecule has 7 nitrogen and oxygen atoms in total. The van der Waals surface area contributed by atoms with Gasteiger partial charge in [0.15, 0.2) is 0 Å². The minimum absolute atomic E-state index is 0. The fourth-order valence-corrected chi connectivity index (χ4v) is 1.63.